The molecule has 3 heteroatoms. The van der Waals surface area contributed by atoms with Crippen LogP contribution in [-0.2, 0) is 11.3 Å². The average molecular weight is 240 g/mol. The van der Waals surface area contributed by atoms with Gasteiger partial charge in [-0.25, -0.2) is 0 Å². The molecule has 0 fully saturated rings. The highest BCUT2D eigenvalue weighted by molar-refractivity contribution is 6.30. The van der Waals surface area contributed by atoms with E-state index in [9.17, 15) is 4.79 Å². The van der Waals surface area contributed by atoms with Gasteiger partial charge in [0.15, 0.2) is 0 Å². The molecule has 16 heavy (non-hydrogen) atoms. The maximum atomic E-state index is 11.5. The van der Waals surface area contributed by atoms with Gasteiger partial charge >= 0.3 is 0 Å². The Morgan fingerprint density at radius 3 is 2.56 bits per heavy atom. The quantitative estimate of drug-likeness (QED) is 0.839. The first-order valence-electron chi connectivity index (χ1n) is 5.63. The Labute approximate surface area is 102 Å². The minimum absolute atomic E-state index is 0.115. The van der Waals surface area contributed by atoms with Gasteiger partial charge in [0.1, 0.15) is 0 Å². The Bertz CT molecular complexity index is 334. The van der Waals surface area contributed by atoms with E-state index >= 15 is 0 Å². The van der Waals surface area contributed by atoms with Gasteiger partial charge in [0.2, 0.25) is 5.91 Å². The lowest BCUT2D eigenvalue weighted by atomic mass is 10.1. The Kier molecular flexibility index (Phi) is 5.33. The van der Waals surface area contributed by atoms with E-state index in [0.29, 0.717) is 18.9 Å². The first-order chi connectivity index (χ1) is 7.61. The highest BCUT2D eigenvalue weighted by Gasteiger charge is 2.06. The number of hydrogen-bond donors (Lipinski definition) is 1. The molecule has 0 saturated heterocycles. The van der Waals surface area contributed by atoms with Crippen molar-refractivity contribution < 1.29 is 4.79 Å². The summed E-state index contributed by atoms with van der Waals surface area (Å²) < 4.78 is 0. The van der Waals surface area contributed by atoms with E-state index in [1.165, 1.54) is 0 Å². The van der Waals surface area contributed by atoms with E-state index in [1.54, 1.807) is 0 Å². The first-order valence-corrected chi connectivity index (χ1v) is 6.00. The van der Waals surface area contributed by atoms with Crippen LogP contribution in [0.15, 0.2) is 24.3 Å². The molecule has 88 valence electrons. The topological polar surface area (TPSA) is 29.1 Å². The molecule has 0 heterocycles. The summed E-state index contributed by atoms with van der Waals surface area (Å²) in [5.41, 5.74) is 1.07. The molecular formula is C13H18ClNO. The van der Waals surface area contributed by atoms with Crippen LogP contribution in [0.3, 0.4) is 0 Å². The predicted molar refractivity (Wildman–Crippen MR) is 67.4 cm³/mol. The van der Waals surface area contributed by atoms with Crippen LogP contribution in [0.1, 0.15) is 32.3 Å². The molecule has 0 aromatic heterocycles. The molecule has 1 atom stereocenters. The number of hydrogen-bond acceptors (Lipinski definition) is 1. The van der Waals surface area contributed by atoms with Gasteiger partial charge in [-0.05, 0) is 23.6 Å². The number of carbonyl (C=O) groups is 1. The lowest BCUT2D eigenvalue weighted by Crippen LogP contribution is -2.24. The molecule has 1 rings (SSSR count). The predicted octanol–water partition coefficient (Wildman–Crippen LogP) is 3.39. The van der Waals surface area contributed by atoms with Gasteiger partial charge in [-0.1, -0.05) is 44.0 Å². The Morgan fingerprint density at radius 2 is 2.00 bits per heavy atom. The number of amides is 1. The van der Waals surface area contributed by atoms with E-state index in [1.807, 2.05) is 24.3 Å². The van der Waals surface area contributed by atoms with Gasteiger partial charge < -0.3 is 5.32 Å². The highest BCUT2D eigenvalue weighted by atomic mass is 35.5. The minimum Gasteiger partial charge on any atom is -0.352 e. The number of carbonyl (C=O) groups excluding carboxylic acids is 1. The summed E-state index contributed by atoms with van der Waals surface area (Å²) in [5.74, 6) is 0.564. The van der Waals surface area contributed by atoms with Crippen LogP contribution in [-0.4, -0.2) is 5.91 Å². The highest BCUT2D eigenvalue weighted by Crippen LogP contribution is 2.10. The zero-order chi connectivity index (χ0) is 12.0. The summed E-state index contributed by atoms with van der Waals surface area (Å²) in [4.78, 5) is 11.5. The smallest absolute Gasteiger partial charge is 0.220 e. The minimum atomic E-state index is 0.115. The van der Waals surface area contributed by atoms with Crippen molar-refractivity contribution in [2.24, 2.45) is 5.92 Å². The average Bonchev–Trinajstić information content (AvgIpc) is 2.28. The molecule has 0 spiro atoms. The second kappa shape index (κ2) is 6.54. The third-order valence-corrected chi connectivity index (χ3v) is 2.89. The van der Waals surface area contributed by atoms with Crippen LogP contribution in [0.2, 0.25) is 5.02 Å². The normalized spacial score (nSPS) is 12.2. The van der Waals surface area contributed by atoms with Crippen molar-refractivity contribution in [3.05, 3.63) is 34.9 Å². The monoisotopic (exact) mass is 239 g/mol. The van der Waals surface area contributed by atoms with E-state index in [4.69, 9.17) is 11.6 Å². The molecule has 0 aliphatic rings. The molecule has 1 aromatic rings. The molecule has 0 aliphatic heterocycles. The number of benzene rings is 1. The van der Waals surface area contributed by atoms with E-state index < -0.39 is 0 Å². The SMILES string of the molecule is CCC(C)CC(=O)NCc1ccc(Cl)cc1. The van der Waals surface area contributed by atoms with E-state index in [-0.39, 0.29) is 5.91 Å². The number of nitrogens with one attached hydrogen (secondary N) is 1. The fourth-order valence-electron chi connectivity index (χ4n) is 1.34. The van der Waals surface area contributed by atoms with Crippen molar-refractivity contribution >= 4 is 17.5 Å². The van der Waals surface area contributed by atoms with Crippen LogP contribution in [0, 0.1) is 5.92 Å². The summed E-state index contributed by atoms with van der Waals surface area (Å²) in [7, 11) is 0. The molecule has 2 nitrogen and oxygen atoms in total. The first kappa shape index (κ1) is 13.0. The molecule has 0 aliphatic carbocycles. The third-order valence-electron chi connectivity index (χ3n) is 2.63. The Hall–Kier alpha value is -1.02. The van der Waals surface area contributed by atoms with Crippen molar-refractivity contribution in [3.63, 3.8) is 0 Å². The van der Waals surface area contributed by atoms with Crippen molar-refractivity contribution in [2.45, 2.75) is 33.2 Å². The summed E-state index contributed by atoms with van der Waals surface area (Å²) in [6, 6.07) is 7.51. The van der Waals surface area contributed by atoms with Crippen molar-refractivity contribution in [3.8, 4) is 0 Å². The van der Waals surface area contributed by atoms with Gasteiger partial charge in [-0.15, -0.1) is 0 Å². The lowest BCUT2D eigenvalue weighted by Gasteiger charge is -2.09. The van der Waals surface area contributed by atoms with Crippen LogP contribution in [0.4, 0.5) is 0 Å². The summed E-state index contributed by atoms with van der Waals surface area (Å²) in [6.07, 6.45) is 1.64. The molecule has 0 saturated carbocycles. The molecule has 1 amide bonds. The second-order valence-corrected chi connectivity index (χ2v) is 4.56. The van der Waals surface area contributed by atoms with Crippen LogP contribution in [0.5, 0.6) is 0 Å². The van der Waals surface area contributed by atoms with Crippen LogP contribution >= 0.6 is 11.6 Å². The van der Waals surface area contributed by atoms with Gasteiger partial charge in [-0.3, -0.25) is 4.79 Å². The zero-order valence-electron chi connectivity index (χ0n) is 9.79. The van der Waals surface area contributed by atoms with Gasteiger partial charge in [0, 0.05) is 18.0 Å². The Morgan fingerprint density at radius 1 is 1.38 bits per heavy atom. The van der Waals surface area contributed by atoms with Gasteiger partial charge in [0.05, 0.1) is 0 Å². The van der Waals surface area contributed by atoms with Crippen molar-refractivity contribution in [1.29, 1.82) is 0 Å². The second-order valence-electron chi connectivity index (χ2n) is 4.12. The third kappa shape index (κ3) is 4.67. The fraction of sp³-hybridized carbons (Fsp3) is 0.462. The van der Waals surface area contributed by atoms with E-state index in [2.05, 4.69) is 19.2 Å². The van der Waals surface area contributed by atoms with Crippen molar-refractivity contribution in [2.75, 3.05) is 0 Å². The number of rotatable bonds is 5. The largest absolute Gasteiger partial charge is 0.352 e. The van der Waals surface area contributed by atoms with Crippen LogP contribution < -0.4 is 5.32 Å². The fourth-order valence-corrected chi connectivity index (χ4v) is 1.46. The molecule has 0 radical (unpaired) electrons. The number of halogens is 1. The molecule has 1 aromatic carbocycles. The standard InChI is InChI=1S/C13H18ClNO/c1-3-10(2)8-13(16)15-9-11-4-6-12(14)7-5-11/h4-7,10H,3,8-9H2,1-2H3,(H,15,16). The van der Waals surface area contributed by atoms with Crippen LogP contribution in [0.25, 0.3) is 0 Å². The lowest BCUT2D eigenvalue weighted by molar-refractivity contribution is -0.122. The van der Waals surface area contributed by atoms with Crippen molar-refractivity contribution in [1.82, 2.24) is 5.32 Å². The molecular weight excluding hydrogens is 222 g/mol. The Balaban J connectivity index is 2.34. The maximum Gasteiger partial charge on any atom is 0.220 e. The summed E-state index contributed by atoms with van der Waals surface area (Å²) >= 11 is 5.77. The molecule has 0 bridgehead atoms. The van der Waals surface area contributed by atoms with Gasteiger partial charge in [0.25, 0.3) is 0 Å². The molecule has 1 N–H and O–H groups in total. The zero-order valence-corrected chi connectivity index (χ0v) is 10.6. The maximum absolute atomic E-state index is 11.5. The van der Waals surface area contributed by atoms with E-state index in [0.717, 1.165) is 17.0 Å². The molecule has 1 unspecified atom stereocenters. The summed E-state index contributed by atoms with van der Waals surface area (Å²) in [5, 5.41) is 3.62. The van der Waals surface area contributed by atoms with Gasteiger partial charge in [-0.2, -0.15) is 0 Å². The summed E-state index contributed by atoms with van der Waals surface area (Å²) in [6.45, 7) is 4.76.